The fourth-order valence-corrected chi connectivity index (χ4v) is 11.1. The molecule has 1 aliphatic carbocycles. The number of thiophene rings is 1. The lowest BCUT2D eigenvalue weighted by Crippen LogP contribution is -2.17. The molecular weight excluding hydrogens is 745 g/mol. The Hall–Kier alpha value is -7.20. The lowest BCUT2D eigenvalue weighted by Gasteiger charge is -2.32. The lowest BCUT2D eigenvalue weighted by molar-refractivity contribution is 0.660. The molecule has 0 unspecified atom stereocenters. The quantitative estimate of drug-likeness (QED) is 0.163. The van der Waals surface area contributed by atoms with E-state index in [1.807, 2.05) is 11.3 Å². The van der Waals surface area contributed by atoms with Crippen LogP contribution in [-0.2, 0) is 5.41 Å². The van der Waals surface area contributed by atoms with Crippen LogP contribution in [0.5, 0.6) is 0 Å². The highest BCUT2D eigenvalue weighted by molar-refractivity contribution is 7.26. The molecule has 0 fully saturated rings. The standard InChI is InChI=1S/C57H40N2S/c1-57(2)48-25-13-9-22-43(48)44-31-30-40(36-49(44)57)59(50-26-14-10-21-41(50)37-17-5-3-6-18-37)56-42(32-34-54-55(56)46-24-12-16-28-53(46)60-54)38-29-33-52-47(35-38)45-23-11-15-27-51(45)58(52)39-19-7-4-8-20-39/h3-36H,1-2H3. The number of fused-ring (bicyclic) bond motifs is 9. The van der Waals surface area contributed by atoms with Crippen LogP contribution in [-0.4, -0.2) is 4.57 Å². The molecule has 0 saturated carbocycles. The van der Waals surface area contributed by atoms with Crippen molar-refractivity contribution in [1.82, 2.24) is 4.57 Å². The van der Waals surface area contributed by atoms with E-state index in [1.54, 1.807) is 0 Å². The molecule has 284 valence electrons. The molecule has 11 aromatic rings. The van der Waals surface area contributed by atoms with E-state index >= 15 is 0 Å². The smallest absolute Gasteiger partial charge is 0.0633 e. The Morgan fingerprint density at radius 3 is 1.93 bits per heavy atom. The molecule has 0 radical (unpaired) electrons. The molecule has 0 amide bonds. The van der Waals surface area contributed by atoms with Gasteiger partial charge in [0, 0.05) is 58.9 Å². The number of aromatic nitrogens is 1. The summed E-state index contributed by atoms with van der Waals surface area (Å²) in [5, 5.41) is 5.02. The van der Waals surface area contributed by atoms with Crippen LogP contribution in [0.1, 0.15) is 25.0 Å². The average molecular weight is 785 g/mol. The van der Waals surface area contributed by atoms with Crippen molar-refractivity contribution >= 4 is 70.4 Å². The summed E-state index contributed by atoms with van der Waals surface area (Å²) in [5.74, 6) is 0. The Balaban J connectivity index is 1.19. The van der Waals surface area contributed by atoms with Crippen LogP contribution >= 0.6 is 11.3 Å². The summed E-state index contributed by atoms with van der Waals surface area (Å²) < 4.78 is 4.96. The third-order valence-electron chi connectivity index (χ3n) is 12.8. The molecule has 0 atom stereocenters. The Labute approximate surface area is 353 Å². The van der Waals surface area contributed by atoms with Crippen LogP contribution in [0.2, 0.25) is 0 Å². The molecule has 2 heterocycles. The first-order chi connectivity index (χ1) is 29.5. The topological polar surface area (TPSA) is 8.17 Å². The number of anilines is 3. The summed E-state index contributed by atoms with van der Waals surface area (Å²) >= 11 is 1.87. The molecule has 2 nitrogen and oxygen atoms in total. The normalized spacial score (nSPS) is 13.0. The summed E-state index contributed by atoms with van der Waals surface area (Å²) in [7, 11) is 0. The largest absolute Gasteiger partial charge is 0.309 e. The second-order valence-corrected chi connectivity index (χ2v) is 17.6. The van der Waals surface area contributed by atoms with Gasteiger partial charge in [0.15, 0.2) is 0 Å². The number of hydrogen-bond donors (Lipinski definition) is 0. The minimum atomic E-state index is -0.158. The predicted octanol–water partition coefficient (Wildman–Crippen LogP) is 16.3. The zero-order valence-corrected chi connectivity index (χ0v) is 34.2. The molecular formula is C57H40N2S. The summed E-state index contributed by atoms with van der Waals surface area (Å²) in [5.41, 5.74) is 17.0. The van der Waals surface area contributed by atoms with E-state index in [1.165, 1.54) is 92.2 Å². The van der Waals surface area contributed by atoms with Crippen LogP contribution in [0.3, 0.4) is 0 Å². The molecule has 0 spiro atoms. The maximum atomic E-state index is 2.58. The van der Waals surface area contributed by atoms with Crippen molar-refractivity contribution in [3.05, 3.63) is 217 Å². The van der Waals surface area contributed by atoms with Crippen molar-refractivity contribution in [2.24, 2.45) is 0 Å². The predicted molar refractivity (Wildman–Crippen MR) is 257 cm³/mol. The van der Waals surface area contributed by atoms with Crippen LogP contribution in [0.15, 0.2) is 206 Å². The molecule has 0 N–H and O–H groups in total. The Morgan fingerprint density at radius 2 is 1.08 bits per heavy atom. The van der Waals surface area contributed by atoms with Crippen molar-refractivity contribution < 1.29 is 0 Å². The monoisotopic (exact) mass is 784 g/mol. The van der Waals surface area contributed by atoms with Gasteiger partial charge in [0.2, 0.25) is 0 Å². The third-order valence-corrected chi connectivity index (χ3v) is 13.9. The number of rotatable bonds is 6. The Kier molecular flexibility index (Phi) is 7.79. The zero-order chi connectivity index (χ0) is 40.0. The van der Waals surface area contributed by atoms with Crippen molar-refractivity contribution in [3.8, 4) is 39.1 Å². The molecule has 0 bridgehead atoms. The number of para-hydroxylation sites is 3. The maximum absolute atomic E-state index is 2.58. The van der Waals surface area contributed by atoms with Gasteiger partial charge in [-0.25, -0.2) is 0 Å². The molecule has 9 aromatic carbocycles. The number of nitrogens with zero attached hydrogens (tertiary/aromatic N) is 2. The van der Waals surface area contributed by atoms with Gasteiger partial charge in [-0.1, -0.05) is 159 Å². The van der Waals surface area contributed by atoms with Gasteiger partial charge in [-0.3, -0.25) is 0 Å². The minimum absolute atomic E-state index is 0.158. The molecule has 2 aromatic heterocycles. The molecule has 60 heavy (non-hydrogen) atoms. The highest BCUT2D eigenvalue weighted by Gasteiger charge is 2.36. The molecule has 0 aliphatic heterocycles. The third kappa shape index (κ3) is 5.19. The SMILES string of the molecule is CC1(C)c2ccccc2-c2ccc(N(c3ccccc3-c3ccccc3)c3c(-c4ccc5c(c4)c4ccccc4n5-c4ccccc4)ccc4sc5ccccc5c34)cc21. The first kappa shape index (κ1) is 34.8. The first-order valence-electron chi connectivity index (χ1n) is 20.8. The van der Waals surface area contributed by atoms with Crippen molar-refractivity contribution in [2.45, 2.75) is 19.3 Å². The van der Waals surface area contributed by atoms with E-state index in [9.17, 15) is 0 Å². The highest BCUT2D eigenvalue weighted by atomic mass is 32.1. The first-order valence-corrected chi connectivity index (χ1v) is 21.6. The molecule has 12 rings (SSSR count). The average Bonchev–Trinajstić information content (AvgIpc) is 3.92. The van der Waals surface area contributed by atoms with Gasteiger partial charge in [-0.2, -0.15) is 0 Å². The minimum Gasteiger partial charge on any atom is -0.309 e. The molecule has 1 aliphatic rings. The summed E-state index contributed by atoms with van der Waals surface area (Å²) in [6.45, 7) is 4.76. The van der Waals surface area contributed by atoms with E-state index in [4.69, 9.17) is 0 Å². The summed E-state index contributed by atoms with van der Waals surface area (Å²) in [4.78, 5) is 2.58. The fourth-order valence-electron chi connectivity index (χ4n) is 10.0. The van der Waals surface area contributed by atoms with Gasteiger partial charge in [-0.15, -0.1) is 11.3 Å². The van der Waals surface area contributed by atoms with Crippen molar-refractivity contribution in [2.75, 3.05) is 4.90 Å². The van der Waals surface area contributed by atoms with Gasteiger partial charge in [-0.05, 0) is 94.0 Å². The number of hydrogen-bond acceptors (Lipinski definition) is 2. The summed E-state index contributed by atoms with van der Waals surface area (Å²) in [6.07, 6.45) is 0. The van der Waals surface area contributed by atoms with Crippen LogP contribution in [0, 0.1) is 0 Å². The van der Waals surface area contributed by atoms with Crippen LogP contribution in [0.25, 0.3) is 81.0 Å². The van der Waals surface area contributed by atoms with Gasteiger partial charge in [0.25, 0.3) is 0 Å². The fraction of sp³-hybridized carbons (Fsp3) is 0.0526. The second kappa shape index (κ2) is 13.4. The van der Waals surface area contributed by atoms with E-state index in [-0.39, 0.29) is 5.41 Å². The zero-order valence-electron chi connectivity index (χ0n) is 33.4. The second-order valence-electron chi connectivity index (χ2n) is 16.5. The van der Waals surface area contributed by atoms with Crippen molar-refractivity contribution in [3.63, 3.8) is 0 Å². The Morgan fingerprint density at radius 1 is 0.433 bits per heavy atom. The van der Waals surface area contributed by atoms with Crippen LogP contribution < -0.4 is 4.90 Å². The molecule has 0 saturated heterocycles. The molecule has 3 heteroatoms. The van der Waals surface area contributed by atoms with Crippen molar-refractivity contribution in [1.29, 1.82) is 0 Å². The van der Waals surface area contributed by atoms with E-state index in [0.29, 0.717) is 0 Å². The van der Waals surface area contributed by atoms with E-state index in [0.717, 1.165) is 17.1 Å². The van der Waals surface area contributed by atoms with Gasteiger partial charge in [0.1, 0.15) is 0 Å². The number of benzene rings is 9. The van der Waals surface area contributed by atoms with Crippen LogP contribution in [0.4, 0.5) is 17.1 Å². The maximum Gasteiger partial charge on any atom is 0.0633 e. The van der Waals surface area contributed by atoms with E-state index < -0.39 is 0 Å². The van der Waals surface area contributed by atoms with E-state index in [2.05, 4.69) is 230 Å². The van der Waals surface area contributed by atoms with Gasteiger partial charge in [0.05, 0.1) is 22.4 Å². The Bertz CT molecular complexity index is 3460. The lowest BCUT2D eigenvalue weighted by atomic mass is 9.82. The van der Waals surface area contributed by atoms with Gasteiger partial charge >= 0.3 is 0 Å². The van der Waals surface area contributed by atoms with Gasteiger partial charge < -0.3 is 9.47 Å². The summed E-state index contributed by atoms with van der Waals surface area (Å²) in [6, 6.07) is 76.2. The highest BCUT2D eigenvalue weighted by Crippen LogP contribution is 2.55.